The Bertz CT molecular complexity index is 726. The van der Waals surface area contributed by atoms with Crippen molar-refractivity contribution < 1.29 is 8.42 Å². The van der Waals surface area contributed by atoms with Gasteiger partial charge in [-0.25, -0.2) is 8.42 Å². The van der Waals surface area contributed by atoms with Gasteiger partial charge in [-0.3, -0.25) is 0 Å². The number of nitrogens with zero attached hydrogens (tertiary/aromatic N) is 1. The van der Waals surface area contributed by atoms with E-state index in [9.17, 15) is 8.42 Å². The van der Waals surface area contributed by atoms with Gasteiger partial charge in [0, 0.05) is 31.7 Å². The Hall–Kier alpha value is -0.990. The number of nitrogens with one attached hydrogen (secondary N) is 3. The molecule has 28 heavy (non-hydrogen) atoms. The molecule has 4 heterocycles. The molecule has 1 aromatic carbocycles. The first-order chi connectivity index (χ1) is 13.5. The first-order valence-corrected chi connectivity index (χ1v) is 12.2. The van der Waals surface area contributed by atoms with Crippen LogP contribution in [0.25, 0.3) is 0 Å². The summed E-state index contributed by atoms with van der Waals surface area (Å²) in [4.78, 5) is 0.414. The van der Waals surface area contributed by atoms with E-state index in [-0.39, 0.29) is 0 Å². The molecule has 7 heteroatoms. The number of rotatable bonds is 2. The molecule has 156 valence electrons. The van der Waals surface area contributed by atoms with Gasteiger partial charge in [0.1, 0.15) is 0 Å². The number of hydrogen-bond donors (Lipinski definition) is 3. The van der Waals surface area contributed by atoms with Crippen LogP contribution in [-0.2, 0) is 10.0 Å². The fourth-order valence-corrected chi connectivity index (χ4v) is 6.51. The molecule has 4 aliphatic heterocycles. The van der Waals surface area contributed by atoms with Crippen LogP contribution in [0.1, 0.15) is 31.2 Å². The van der Waals surface area contributed by atoms with E-state index in [1.54, 1.807) is 16.4 Å². The lowest BCUT2D eigenvalue weighted by molar-refractivity contribution is 0.339. The van der Waals surface area contributed by atoms with Crippen LogP contribution in [0.15, 0.2) is 29.2 Å². The molecule has 0 amide bonds. The maximum Gasteiger partial charge on any atom is 0.243 e. The lowest BCUT2D eigenvalue weighted by Crippen LogP contribution is -2.41. The van der Waals surface area contributed by atoms with Crippen molar-refractivity contribution in [3.8, 4) is 0 Å². The molecule has 1 aromatic rings. The first-order valence-electron chi connectivity index (χ1n) is 10.8. The summed E-state index contributed by atoms with van der Waals surface area (Å²) in [6, 6.07) is 8.27. The molecular formula is C21H34N4O2S. The van der Waals surface area contributed by atoms with Gasteiger partial charge in [-0.1, -0.05) is 17.7 Å². The van der Waals surface area contributed by atoms with Crippen LogP contribution in [0, 0.1) is 18.8 Å². The fraction of sp³-hybridized carbons (Fsp3) is 0.714. The van der Waals surface area contributed by atoms with Crippen molar-refractivity contribution in [1.29, 1.82) is 0 Å². The van der Waals surface area contributed by atoms with E-state index < -0.39 is 10.0 Å². The zero-order chi connectivity index (χ0) is 19.6. The summed E-state index contributed by atoms with van der Waals surface area (Å²) in [7, 11) is -3.32. The highest BCUT2D eigenvalue weighted by atomic mass is 32.2. The molecular weight excluding hydrogens is 372 g/mol. The monoisotopic (exact) mass is 406 g/mol. The topological polar surface area (TPSA) is 73.5 Å². The summed E-state index contributed by atoms with van der Waals surface area (Å²) in [5, 5.41) is 10.4. The van der Waals surface area contributed by atoms with Gasteiger partial charge in [-0.2, -0.15) is 4.31 Å². The third-order valence-electron chi connectivity index (χ3n) is 6.72. The summed E-state index contributed by atoms with van der Waals surface area (Å²) >= 11 is 0. The maximum atomic E-state index is 12.6. The van der Waals surface area contributed by atoms with Crippen LogP contribution < -0.4 is 16.0 Å². The summed E-state index contributed by atoms with van der Waals surface area (Å²) < 4.78 is 26.8. The Balaban J connectivity index is 0.000000177. The van der Waals surface area contributed by atoms with Crippen LogP contribution in [0.5, 0.6) is 0 Å². The summed E-state index contributed by atoms with van der Waals surface area (Å²) in [6.07, 6.45) is 5.10. The molecule has 3 N–H and O–H groups in total. The van der Waals surface area contributed by atoms with E-state index in [2.05, 4.69) is 16.0 Å². The minimum absolute atomic E-state index is 0.342. The summed E-state index contributed by atoms with van der Waals surface area (Å²) in [6.45, 7) is 7.93. The lowest BCUT2D eigenvalue weighted by Gasteiger charge is -2.24. The van der Waals surface area contributed by atoms with Crippen molar-refractivity contribution in [3.63, 3.8) is 0 Å². The number of sulfonamides is 1. The molecule has 0 aliphatic carbocycles. The van der Waals surface area contributed by atoms with Crippen molar-refractivity contribution in [1.82, 2.24) is 20.3 Å². The Kier molecular flexibility index (Phi) is 6.37. The molecule has 0 aromatic heterocycles. The van der Waals surface area contributed by atoms with Gasteiger partial charge in [0.05, 0.1) is 4.90 Å². The van der Waals surface area contributed by atoms with Gasteiger partial charge in [-0.15, -0.1) is 0 Å². The predicted octanol–water partition coefficient (Wildman–Crippen LogP) is 1.33. The smallest absolute Gasteiger partial charge is 0.243 e. The van der Waals surface area contributed by atoms with Gasteiger partial charge < -0.3 is 16.0 Å². The van der Waals surface area contributed by atoms with Crippen LogP contribution in [0.3, 0.4) is 0 Å². The second-order valence-corrected chi connectivity index (χ2v) is 10.7. The standard InChI is InChI=1S/C14H20N2O2S.C7H14N2/c1-11-4-6-13(7-5-11)19(17,18)16-9-12-3-2-8-15-14(12)10-16;1-2-6-4-8-5-7(6)9-3-1/h4-7,12,14-15H,2-3,8-10H2,1H3;6-9H,1-5H2/t12-,14+;6-,7+/m00/s1. The lowest BCUT2D eigenvalue weighted by atomic mass is 9.94. The zero-order valence-electron chi connectivity index (χ0n) is 16.9. The Morgan fingerprint density at radius 3 is 2.25 bits per heavy atom. The minimum Gasteiger partial charge on any atom is -0.315 e. The highest BCUT2D eigenvalue weighted by Crippen LogP contribution is 2.29. The molecule has 5 rings (SSSR count). The molecule has 6 nitrogen and oxygen atoms in total. The SMILES string of the molecule is C1CN[C@@H]2CNC[C@@H]2C1.Cc1ccc(S(=O)(=O)N2C[C@@H]3CCCN[C@@H]3C2)cc1. The number of hydrogen-bond acceptors (Lipinski definition) is 5. The first kappa shape index (κ1) is 20.3. The molecule has 0 radical (unpaired) electrons. The van der Waals surface area contributed by atoms with Crippen LogP contribution in [-0.4, -0.2) is 64.1 Å². The molecule has 4 atom stereocenters. The summed E-state index contributed by atoms with van der Waals surface area (Å²) in [5.74, 6) is 1.42. The second-order valence-electron chi connectivity index (χ2n) is 8.72. The number of benzene rings is 1. The Labute approximate surface area is 169 Å². The average Bonchev–Trinajstić information content (AvgIpc) is 3.36. The van der Waals surface area contributed by atoms with Gasteiger partial charge in [0.25, 0.3) is 0 Å². The van der Waals surface area contributed by atoms with E-state index >= 15 is 0 Å². The largest absolute Gasteiger partial charge is 0.315 e. The highest BCUT2D eigenvalue weighted by molar-refractivity contribution is 7.89. The molecule has 0 unspecified atom stereocenters. The van der Waals surface area contributed by atoms with Crippen LogP contribution in [0.2, 0.25) is 0 Å². The van der Waals surface area contributed by atoms with Gasteiger partial charge in [-0.05, 0) is 76.2 Å². The molecule has 0 saturated carbocycles. The predicted molar refractivity (Wildman–Crippen MR) is 112 cm³/mol. The quantitative estimate of drug-likeness (QED) is 0.691. The van der Waals surface area contributed by atoms with Crippen molar-refractivity contribution in [2.75, 3.05) is 39.3 Å². The maximum absolute atomic E-state index is 12.6. The van der Waals surface area contributed by atoms with Crippen molar-refractivity contribution in [3.05, 3.63) is 29.8 Å². The molecule has 4 aliphatic rings. The van der Waals surface area contributed by atoms with E-state index in [0.717, 1.165) is 36.9 Å². The van der Waals surface area contributed by atoms with Crippen LogP contribution in [0.4, 0.5) is 0 Å². The van der Waals surface area contributed by atoms with Crippen LogP contribution >= 0.6 is 0 Å². The second kappa shape index (κ2) is 8.79. The van der Waals surface area contributed by atoms with E-state index in [4.69, 9.17) is 0 Å². The van der Waals surface area contributed by atoms with Crippen molar-refractivity contribution >= 4 is 10.0 Å². The highest BCUT2D eigenvalue weighted by Gasteiger charge is 2.40. The zero-order valence-corrected chi connectivity index (χ0v) is 17.7. The average molecular weight is 407 g/mol. The third kappa shape index (κ3) is 4.44. The van der Waals surface area contributed by atoms with Crippen molar-refractivity contribution in [2.45, 2.75) is 49.6 Å². The van der Waals surface area contributed by atoms with Crippen molar-refractivity contribution in [2.24, 2.45) is 11.8 Å². The van der Waals surface area contributed by atoms with E-state index in [1.165, 1.54) is 32.5 Å². The van der Waals surface area contributed by atoms with Gasteiger partial charge >= 0.3 is 0 Å². The molecule has 0 spiro atoms. The third-order valence-corrected chi connectivity index (χ3v) is 8.57. The fourth-order valence-electron chi connectivity index (χ4n) is 4.99. The molecule has 4 saturated heterocycles. The van der Waals surface area contributed by atoms with E-state index in [1.807, 2.05) is 19.1 Å². The summed E-state index contributed by atoms with van der Waals surface area (Å²) in [5.41, 5.74) is 1.08. The molecule has 4 fully saturated rings. The number of aryl methyl sites for hydroxylation is 1. The molecule has 0 bridgehead atoms. The van der Waals surface area contributed by atoms with Gasteiger partial charge in [0.15, 0.2) is 0 Å². The Morgan fingerprint density at radius 1 is 0.893 bits per heavy atom. The normalized spacial score (nSPS) is 32.9. The Morgan fingerprint density at radius 2 is 1.57 bits per heavy atom. The van der Waals surface area contributed by atoms with Gasteiger partial charge in [0.2, 0.25) is 10.0 Å². The number of piperidine rings is 2. The van der Waals surface area contributed by atoms with E-state index in [0.29, 0.717) is 29.9 Å². The minimum atomic E-state index is -3.32. The number of fused-ring (bicyclic) bond motifs is 2.